The van der Waals surface area contributed by atoms with Crippen molar-refractivity contribution in [1.29, 1.82) is 0 Å². The highest BCUT2D eigenvalue weighted by Gasteiger charge is 2.18. The molecular weight excluding hydrogens is 299 g/mol. The van der Waals surface area contributed by atoms with Crippen molar-refractivity contribution >= 4 is 42.7 Å². The molecule has 0 aromatic heterocycles. The average molecular weight is 313 g/mol. The molecule has 0 heterocycles. The van der Waals surface area contributed by atoms with Gasteiger partial charge >= 0.3 is 0 Å². The van der Waals surface area contributed by atoms with Crippen molar-refractivity contribution in [1.82, 2.24) is 0 Å². The van der Waals surface area contributed by atoms with Crippen LogP contribution in [0.5, 0.6) is 0 Å². The number of halogens is 1. The molecule has 0 nitrogen and oxygen atoms in total. The molecule has 1 aromatic rings. The Labute approximate surface area is 101 Å². The molecule has 0 bridgehead atoms. The first-order chi connectivity index (χ1) is 6.59. The van der Waals surface area contributed by atoms with Crippen LogP contribution >= 0.6 is 22.6 Å². The Hall–Kier alpha value is -0.0931. The van der Waals surface area contributed by atoms with Crippen LogP contribution < -0.4 is 5.19 Å². The van der Waals surface area contributed by atoms with E-state index in [-0.39, 0.29) is 8.80 Å². The van der Waals surface area contributed by atoms with E-state index in [0.29, 0.717) is 0 Å². The molecule has 14 heavy (non-hydrogen) atoms. The molecular formula is C12H14ISi. The predicted octanol–water partition coefficient (Wildman–Crippen LogP) is 3.21. The number of hydrogen-bond donors (Lipinski definition) is 0. The van der Waals surface area contributed by atoms with Crippen LogP contribution in [0, 0.1) is 3.57 Å². The molecule has 0 atom stereocenters. The minimum Gasteiger partial charge on any atom is -0.0683 e. The van der Waals surface area contributed by atoms with Crippen molar-refractivity contribution in [2.45, 2.75) is 26.4 Å². The summed E-state index contributed by atoms with van der Waals surface area (Å²) < 4.78 is 1.40. The van der Waals surface area contributed by atoms with E-state index in [2.05, 4.69) is 60.8 Å². The summed E-state index contributed by atoms with van der Waals surface area (Å²) in [7, 11) is -0.312. The first kappa shape index (κ1) is 10.4. The summed E-state index contributed by atoms with van der Waals surface area (Å²) in [5.41, 5.74) is 4.61. The molecule has 73 valence electrons. The summed E-state index contributed by atoms with van der Waals surface area (Å²) in [6, 6.07) is 4.60. The van der Waals surface area contributed by atoms with Gasteiger partial charge in [-0.05, 0) is 53.1 Å². The Morgan fingerprint density at radius 3 is 2.64 bits per heavy atom. The largest absolute Gasteiger partial charge is 0.0795 e. The quantitative estimate of drug-likeness (QED) is 0.552. The fourth-order valence-corrected chi connectivity index (χ4v) is 3.93. The molecule has 0 unspecified atom stereocenters. The van der Waals surface area contributed by atoms with Crippen molar-refractivity contribution < 1.29 is 0 Å². The van der Waals surface area contributed by atoms with E-state index in [4.69, 9.17) is 0 Å². The first-order valence-electron chi connectivity index (χ1n) is 4.88. The maximum atomic E-state index is 2.44. The molecule has 2 heteroatoms. The molecule has 0 spiro atoms. The molecule has 0 fully saturated rings. The van der Waals surface area contributed by atoms with Crippen LogP contribution in [0.25, 0.3) is 6.08 Å². The third-order valence-electron chi connectivity index (χ3n) is 2.69. The minimum absolute atomic E-state index is 0.312. The van der Waals surface area contributed by atoms with Gasteiger partial charge in [-0.15, -0.1) is 0 Å². The van der Waals surface area contributed by atoms with E-state index < -0.39 is 0 Å². The standard InChI is InChI=1S/C12H14ISi/c1-8-6-9-10(7-8)12(14(2)3)5-4-11(9)13/h4-6H,7H2,1-3H3. The van der Waals surface area contributed by atoms with Crippen LogP contribution in [0.2, 0.25) is 13.1 Å². The molecule has 2 rings (SSSR count). The smallest absolute Gasteiger partial charge is 0.0683 e. The van der Waals surface area contributed by atoms with Crippen molar-refractivity contribution in [2.24, 2.45) is 0 Å². The van der Waals surface area contributed by atoms with Crippen molar-refractivity contribution in [3.05, 3.63) is 32.4 Å². The summed E-state index contributed by atoms with van der Waals surface area (Å²) in [5, 5.41) is 1.62. The second-order valence-electron chi connectivity index (χ2n) is 4.15. The molecule has 0 saturated heterocycles. The van der Waals surface area contributed by atoms with E-state index >= 15 is 0 Å². The highest BCUT2D eigenvalue weighted by molar-refractivity contribution is 14.1. The van der Waals surface area contributed by atoms with E-state index in [0.717, 1.165) is 0 Å². The number of allylic oxidation sites excluding steroid dienone is 1. The van der Waals surface area contributed by atoms with Crippen LogP contribution in [0.15, 0.2) is 17.7 Å². The summed E-state index contributed by atoms with van der Waals surface area (Å²) in [6.07, 6.45) is 3.53. The number of hydrogen-bond acceptors (Lipinski definition) is 0. The minimum atomic E-state index is -0.312. The molecule has 0 aliphatic heterocycles. The lowest BCUT2D eigenvalue weighted by Crippen LogP contribution is -2.27. The van der Waals surface area contributed by atoms with Crippen LogP contribution in [-0.2, 0) is 6.42 Å². The molecule has 1 radical (unpaired) electrons. The molecule has 0 amide bonds. The Morgan fingerprint density at radius 1 is 1.29 bits per heavy atom. The van der Waals surface area contributed by atoms with Gasteiger partial charge in [-0.25, -0.2) is 0 Å². The van der Waals surface area contributed by atoms with E-state index in [1.165, 1.54) is 21.1 Å². The normalized spacial score (nSPS) is 14.5. The zero-order valence-electron chi connectivity index (χ0n) is 8.82. The molecule has 1 aromatic carbocycles. The van der Waals surface area contributed by atoms with Gasteiger partial charge in [0.2, 0.25) is 0 Å². The number of rotatable bonds is 1. The zero-order valence-corrected chi connectivity index (χ0v) is 12.0. The van der Waals surface area contributed by atoms with E-state index in [1.54, 1.807) is 10.8 Å². The van der Waals surface area contributed by atoms with Crippen LogP contribution in [0.1, 0.15) is 18.1 Å². The van der Waals surface area contributed by atoms with E-state index in [1.807, 2.05) is 0 Å². The Bertz CT molecular complexity index is 405. The third kappa shape index (κ3) is 1.70. The van der Waals surface area contributed by atoms with Gasteiger partial charge in [0.1, 0.15) is 0 Å². The van der Waals surface area contributed by atoms with E-state index in [9.17, 15) is 0 Å². The van der Waals surface area contributed by atoms with Crippen LogP contribution in [0.3, 0.4) is 0 Å². The lowest BCUT2D eigenvalue weighted by atomic mass is 10.1. The maximum absolute atomic E-state index is 2.44. The fraction of sp³-hybridized carbons (Fsp3) is 0.333. The Morgan fingerprint density at radius 2 is 2.00 bits per heavy atom. The van der Waals surface area contributed by atoms with Gasteiger partial charge in [0.15, 0.2) is 0 Å². The monoisotopic (exact) mass is 313 g/mol. The average Bonchev–Trinajstić information content (AvgIpc) is 2.47. The highest BCUT2D eigenvalue weighted by atomic mass is 127. The topological polar surface area (TPSA) is 0 Å². The summed E-state index contributed by atoms with van der Waals surface area (Å²) >= 11 is 2.44. The maximum Gasteiger partial charge on any atom is 0.0795 e. The van der Waals surface area contributed by atoms with Crippen LogP contribution in [0.4, 0.5) is 0 Å². The number of fused-ring (bicyclic) bond motifs is 1. The van der Waals surface area contributed by atoms with Crippen molar-refractivity contribution in [3.8, 4) is 0 Å². The van der Waals surface area contributed by atoms with Gasteiger partial charge < -0.3 is 0 Å². The Balaban J connectivity index is 2.59. The second-order valence-corrected chi connectivity index (χ2v) is 7.86. The van der Waals surface area contributed by atoms with Gasteiger partial charge in [0.25, 0.3) is 0 Å². The van der Waals surface area contributed by atoms with Crippen molar-refractivity contribution in [3.63, 3.8) is 0 Å². The third-order valence-corrected chi connectivity index (χ3v) is 5.18. The van der Waals surface area contributed by atoms with Gasteiger partial charge in [-0.1, -0.05) is 36.0 Å². The SMILES string of the molecule is CC1=Cc2c(I)ccc([Si](C)C)c2C1. The first-order valence-corrected chi connectivity index (χ1v) is 8.46. The predicted molar refractivity (Wildman–Crippen MR) is 73.6 cm³/mol. The zero-order chi connectivity index (χ0) is 10.3. The lowest BCUT2D eigenvalue weighted by molar-refractivity contribution is 1.20. The molecule has 0 N–H and O–H groups in total. The van der Waals surface area contributed by atoms with Crippen LogP contribution in [-0.4, -0.2) is 8.80 Å². The van der Waals surface area contributed by atoms with Gasteiger partial charge in [0, 0.05) is 3.57 Å². The van der Waals surface area contributed by atoms with Crippen molar-refractivity contribution in [2.75, 3.05) is 0 Å². The molecule has 1 aliphatic carbocycles. The lowest BCUT2D eigenvalue weighted by Gasteiger charge is -2.12. The van der Waals surface area contributed by atoms with Gasteiger partial charge in [-0.3, -0.25) is 0 Å². The summed E-state index contributed by atoms with van der Waals surface area (Å²) in [4.78, 5) is 0. The Kier molecular flexibility index (Phi) is 2.84. The second kappa shape index (κ2) is 3.81. The summed E-state index contributed by atoms with van der Waals surface area (Å²) in [5.74, 6) is 0. The molecule has 1 aliphatic rings. The van der Waals surface area contributed by atoms with Gasteiger partial charge in [-0.2, -0.15) is 0 Å². The summed E-state index contributed by atoms with van der Waals surface area (Å²) in [6.45, 7) is 6.99. The fourth-order valence-electron chi connectivity index (χ4n) is 2.03. The molecule has 0 saturated carbocycles. The van der Waals surface area contributed by atoms with Gasteiger partial charge in [0.05, 0.1) is 8.80 Å². The number of benzene rings is 1. The highest BCUT2D eigenvalue weighted by Crippen LogP contribution is 2.27.